The number of hydrogen-bond donors (Lipinski definition) is 2. The molecule has 3 N–H and O–H groups in total. The van der Waals surface area contributed by atoms with Crippen molar-refractivity contribution in [2.75, 3.05) is 30.7 Å². The molecule has 9 nitrogen and oxygen atoms in total. The second kappa shape index (κ2) is 10.0. The summed E-state index contributed by atoms with van der Waals surface area (Å²) in [6, 6.07) is 8.25. The van der Waals surface area contributed by atoms with Gasteiger partial charge in [0.2, 0.25) is 11.6 Å². The van der Waals surface area contributed by atoms with Crippen LogP contribution < -0.4 is 15.8 Å². The summed E-state index contributed by atoms with van der Waals surface area (Å²) in [7, 11) is 0. The number of nitro groups is 1. The van der Waals surface area contributed by atoms with Crippen molar-refractivity contribution < 1.29 is 9.66 Å². The Kier molecular flexibility index (Phi) is 7.18. The van der Waals surface area contributed by atoms with Crippen LogP contribution in [0, 0.1) is 10.1 Å². The third-order valence-corrected chi connectivity index (χ3v) is 4.86. The highest BCUT2D eigenvalue weighted by Gasteiger charge is 2.23. The van der Waals surface area contributed by atoms with Gasteiger partial charge in [0.05, 0.1) is 11.5 Å². The molecule has 29 heavy (non-hydrogen) atoms. The lowest BCUT2D eigenvalue weighted by atomic mass is 10.1. The van der Waals surface area contributed by atoms with Gasteiger partial charge in [0, 0.05) is 13.1 Å². The van der Waals surface area contributed by atoms with Gasteiger partial charge in [-0.05, 0) is 43.5 Å². The number of nitrogens with two attached hydrogens (primary N) is 1. The first kappa shape index (κ1) is 20.8. The van der Waals surface area contributed by atoms with Gasteiger partial charge in [0.25, 0.3) is 0 Å². The number of rotatable bonds is 10. The van der Waals surface area contributed by atoms with Crippen LogP contribution in [0.5, 0.6) is 6.01 Å². The van der Waals surface area contributed by atoms with E-state index in [2.05, 4.69) is 32.3 Å². The van der Waals surface area contributed by atoms with Gasteiger partial charge in [-0.2, -0.15) is 9.97 Å². The third kappa shape index (κ3) is 5.77. The Morgan fingerprint density at radius 1 is 1.28 bits per heavy atom. The SMILES string of the molecule is CCCCOc1nc(N)c([N+](=O)[O-])c(NCc2cccc(CN3CCCC3)c2)n1. The highest BCUT2D eigenvalue weighted by molar-refractivity contribution is 5.68. The summed E-state index contributed by atoms with van der Waals surface area (Å²) in [6.07, 6.45) is 4.31. The van der Waals surface area contributed by atoms with Crippen LogP contribution in [0.1, 0.15) is 43.7 Å². The van der Waals surface area contributed by atoms with E-state index in [1.54, 1.807) is 0 Å². The zero-order chi connectivity index (χ0) is 20.6. The summed E-state index contributed by atoms with van der Waals surface area (Å²) in [5, 5.41) is 14.5. The molecule has 0 unspecified atom stereocenters. The number of nitrogen functional groups attached to an aromatic ring is 1. The molecular weight excluding hydrogens is 372 g/mol. The number of anilines is 2. The quantitative estimate of drug-likeness (QED) is 0.354. The van der Waals surface area contributed by atoms with Crippen LogP contribution in [-0.2, 0) is 13.1 Å². The number of hydrogen-bond acceptors (Lipinski definition) is 8. The van der Waals surface area contributed by atoms with Crippen LogP contribution >= 0.6 is 0 Å². The Bertz CT molecular complexity index is 839. The third-order valence-electron chi connectivity index (χ3n) is 4.86. The molecule has 2 heterocycles. The number of ether oxygens (including phenoxy) is 1. The van der Waals surface area contributed by atoms with Crippen molar-refractivity contribution in [3.8, 4) is 6.01 Å². The number of nitrogens with one attached hydrogen (secondary N) is 1. The average molecular weight is 400 g/mol. The predicted octanol–water partition coefficient (Wildman–Crippen LogP) is 3.35. The molecule has 0 aliphatic carbocycles. The van der Waals surface area contributed by atoms with E-state index in [-0.39, 0.29) is 23.3 Å². The van der Waals surface area contributed by atoms with Crippen molar-refractivity contribution in [2.45, 2.75) is 45.7 Å². The Hall–Kier alpha value is -2.94. The summed E-state index contributed by atoms with van der Waals surface area (Å²) < 4.78 is 5.48. The maximum atomic E-state index is 11.4. The van der Waals surface area contributed by atoms with Crippen LogP contribution in [0.4, 0.5) is 17.3 Å². The standard InChI is InChI=1S/C20H28N6O3/c1-2-3-11-29-20-23-18(21)17(26(27)28)19(24-20)22-13-15-7-6-8-16(12-15)14-25-9-4-5-10-25/h6-8,12H,2-5,9-11,13-14H2,1H3,(H3,21,22,23,24). The fourth-order valence-corrected chi connectivity index (χ4v) is 3.35. The molecule has 0 saturated carbocycles. The first-order chi connectivity index (χ1) is 14.1. The second-order valence-electron chi connectivity index (χ2n) is 7.20. The van der Waals surface area contributed by atoms with Gasteiger partial charge in [0.1, 0.15) is 0 Å². The van der Waals surface area contributed by atoms with Crippen molar-refractivity contribution in [3.63, 3.8) is 0 Å². The van der Waals surface area contributed by atoms with Crippen molar-refractivity contribution in [1.82, 2.24) is 14.9 Å². The van der Waals surface area contributed by atoms with Gasteiger partial charge in [-0.15, -0.1) is 0 Å². The van der Waals surface area contributed by atoms with Gasteiger partial charge in [-0.25, -0.2) is 0 Å². The molecule has 1 saturated heterocycles. The lowest BCUT2D eigenvalue weighted by Crippen LogP contribution is -2.18. The van der Waals surface area contributed by atoms with E-state index >= 15 is 0 Å². The molecule has 1 aliphatic rings. The largest absolute Gasteiger partial charge is 0.463 e. The molecule has 1 fully saturated rings. The monoisotopic (exact) mass is 400 g/mol. The summed E-state index contributed by atoms with van der Waals surface area (Å²) in [6.45, 7) is 6.06. The molecule has 0 bridgehead atoms. The molecule has 0 spiro atoms. The molecule has 156 valence electrons. The van der Waals surface area contributed by atoms with Gasteiger partial charge in [0.15, 0.2) is 0 Å². The van der Waals surface area contributed by atoms with Crippen molar-refractivity contribution in [3.05, 3.63) is 45.5 Å². The fraction of sp³-hybridized carbons (Fsp3) is 0.500. The van der Waals surface area contributed by atoms with Crippen LogP contribution in [0.3, 0.4) is 0 Å². The van der Waals surface area contributed by atoms with E-state index in [0.29, 0.717) is 13.2 Å². The molecule has 0 amide bonds. The van der Waals surface area contributed by atoms with Gasteiger partial charge in [-0.1, -0.05) is 37.6 Å². The number of aromatic nitrogens is 2. The number of benzene rings is 1. The van der Waals surface area contributed by atoms with E-state index in [1.165, 1.54) is 18.4 Å². The highest BCUT2D eigenvalue weighted by atomic mass is 16.6. The van der Waals surface area contributed by atoms with Gasteiger partial charge in [-0.3, -0.25) is 15.0 Å². The number of likely N-dealkylation sites (tertiary alicyclic amines) is 1. The topological polar surface area (TPSA) is 119 Å². The lowest BCUT2D eigenvalue weighted by molar-refractivity contribution is -0.383. The molecule has 0 radical (unpaired) electrons. The minimum Gasteiger partial charge on any atom is -0.463 e. The maximum Gasteiger partial charge on any atom is 0.353 e. The Morgan fingerprint density at radius 2 is 2.03 bits per heavy atom. The van der Waals surface area contributed by atoms with E-state index in [1.807, 2.05) is 19.1 Å². The van der Waals surface area contributed by atoms with Crippen LogP contribution in [0.25, 0.3) is 0 Å². The number of unbranched alkanes of at least 4 members (excludes halogenated alkanes) is 1. The first-order valence-electron chi connectivity index (χ1n) is 10.1. The van der Waals surface area contributed by atoms with Crippen LogP contribution in [0.15, 0.2) is 24.3 Å². The van der Waals surface area contributed by atoms with E-state index in [0.717, 1.165) is 38.0 Å². The molecule has 2 aromatic rings. The van der Waals surface area contributed by atoms with Crippen molar-refractivity contribution in [2.24, 2.45) is 0 Å². The summed E-state index contributed by atoms with van der Waals surface area (Å²) >= 11 is 0. The lowest BCUT2D eigenvalue weighted by Gasteiger charge is -2.15. The van der Waals surface area contributed by atoms with Crippen LogP contribution in [-0.4, -0.2) is 39.5 Å². The molecule has 0 atom stereocenters. The zero-order valence-electron chi connectivity index (χ0n) is 16.8. The van der Waals surface area contributed by atoms with Gasteiger partial charge >= 0.3 is 11.7 Å². The Labute approximate surface area is 170 Å². The maximum absolute atomic E-state index is 11.4. The van der Waals surface area contributed by atoms with E-state index in [4.69, 9.17) is 10.5 Å². The highest BCUT2D eigenvalue weighted by Crippen LogP contribution is 2.30. The summed E-state index contributed by atoms with van der Waals surface area (Å²) in [5.74, 6) is -0.138. The summed E-state index contributed by atoms with van der Waals surface area (Å²) in [5.41, 5.74) is 7.70. The molecule has 1 aliphatic heterocycles. The Morgan fingerprint density at radius 3 is 2.76 bits per heavy atom. The minimum atomic E-state index is -0.572. The average Bonchev–Trinajstić information content (AvgIpc) is 3.19. The molecule has 3 rings (SSSR count). The van der Waals surface area contributed by atoms with Gasteiger partial charge < -0.3 is 15.8 Å². The Balaban J connectivity index is 1.72. The fourth-order valence-electron chi connectivity index (χ4n) is 3.35. The van der Waals surface area contributed by atoms with E-state index < -0.39 is 4.92 Å². The number of nitrogens with zero attached hydrogens (tertiary/aromatic N) is 4. The second-order valence-corrected chi connectivity index (χ2v) is 7.20. The molecular formula is C20H28N6O3. The predicted molar refractivity (Wildman–Crippen MR) is 112 cm³/mol. The zero-order valence-corrected chi connectivity index (χ0v) is 16.8. The van der Waals surface area contributed by atoms with Crippen molar-refractivity contribution >= 4 is 17.3 Å². The normalized spacial score (nSPS) is 14.1. The summed E-state index contributed by atoms with van der Waals surface area (Å²) in [4.78, 5) is 21.4. The van der Waals surface area contributed by atoms with E-state index in [9.17, 15) is 10.1 Å². The first-order valence-corrected chi connectivity index (χ1v) is 10.1. The molecule has 1 aromatic carbocycles. The minimum absolute atomic E-state index is 0.0480. The molecule has 9 heteroatoms. The smallest absolute Gasteiger partial charge is 0.353 e. The van der Waals surface area contributed by atoms with Crippen molar-refractivity contribution in [1.29, 1.82) is 0 Å². The molecule has 1 aromatic heterocycles. The van der Waals surface area contributed by atoms with Crippen LogP contribution in [0.2, 0.25) is 0 Å².